The van der Waals surface area contributed by atoms with Crippen LogP contribution >= 0.6 is 0 Å². The van der Waals surface area contributed by atoms with Gasteiger partial charge in [0.1, 0.15) is 12.1 Å². The molecule has 2 heterocycles. The van der Waals surface area contributed by atoms with Crippen molar-refractivity contribution in [3.8, 4) is 0 Å². The van der Waals surface area contributed by atoms with E-state index in [9.17, 15) is 9.59 Å². The van der Waals surface area contributed by atoms with E-state index in [1.54, 1.807) is 4.68 Å². The quantitative estimate of drug-likeness (QED) is 0.830. The maximum Gasteiger partial charge on any atom is 0.244 e. The lowest BCUT2D eigenvalue weighted by atomic mass is 10.2. The number of carbonyl (C=O) groups excluding carboxylic acids is 2. The number of fused-ring (bicyclic) bond motifs is 1. The Balaban J connectivity index is 1.31. The topological polar surface area (TPSA) is 83.4 Å². The Bertz CT molecular complexity index is 807. The Morgan fingerprint density at radius 3 is 2.65 bits per heavy atom. The van der Waals surface area contributed by atoms with Crippen molar-refractivity contribution in [2.45, 2.75) is 38.4 Å². The SMILES string of the molecule is CC(C(=O)NC1CC1)N1CCN(C(=O)Cn2nnc3ccccc32)CC1. The molecule has 8 nitrogen and oxygen atoms in total. The van der Waals surface area contributed by atoms with Gasteiger partial charge in [0, 0.05) is 32.2 Å². The molecule has 0 radical (unpaired) electrons. The van der Waals surface area contributed by atoms with Crippen LogP contribution in [-0.2, 0) is 16.1 Å². The minimum absolute atomic E-state index is 0.0374. The standard InChI is InChI=1S/C18H24N6O2/c1-13(18(26)19-14-6-7-14)22-8-10-23(11-9-22)17(25)12-24-16-5-3-2-4-15(16)20-21-24/h2-5,13-14H,6-12H2,1H3,(H,19,26). The predicted octanol–water partition coefficient (Wildman–Crippen LogP) is 0.243. The third-order valence-corrected chi connectivity index (χ3v) is 5.22. The number of piperazine rings is 1. The van der Waals surface area contributed by atoms with Crippen LogP contribution < -0.4 is 5.32 Å². The van der Waals surface area contributed by atoms with Crippen molar-refractivity contribution in [2.75, 3.05) is 26.2 Å². The fourth-order valence-corrected chi connectivity index (χ4v) is 3.34. The van der Waals surface area contributed by atoms with Crippen molar-refractivity contribution < 1.29 is 9.59 Å². The highest BCUT2D eigenvalue weighted by atomic mass is 16.2. The number of nitrogens with one attached hydrogen (secondary N) is 1. The molecule has 8 heteroatoms. The van der Waals surface area contributed by atoms with E-state index in [0.717, 1.165) is 23.9 Å². The van der Waals surface area contributed by atoms with Crippen LogP contribution in [0.1, 0.15) is 19.8 Å². The van der Waals surface area contributed by atoms with E-state index in [4.69, 9.17) is 0 Å². The van der Waals surface area contributed by atoms with Gasteiger partial charge in [-0.3, -0.25) is 14.5 Å². The van der Waals surface area contributed by atoms with E-state index in [-0.39, 0.29) is 24.4 Å². The van der Waals surface area contributed by atoms with Gasteiger partial charge in [-0.2, -0.15) is 0 Å². The van der Waals surface area contributed by atoms with Crippen molar-refractivity contribution in [3.05, 3.63) is 24.3 Å². The van der Waals surface area contributed by atoms with Crippen LogP contribution in [0.5, 0.6) is 0 Å². The number of carbonyl (C=O) groups is 2. The highest BCUT2D eigenvalue weighted by Gasteiger charge is 2.31. The molecular formula is C18H24N6O2. The molecule has 1 aliphatic heterocycles. The van der Waals surface area contributed by atoms with Gasteiger partial charge in [0.25, 0.3) is 0 Å². The lowest BCUT2D eigenvalue weighted by Crippen LogP contribution is -2.55. The zero-order chi connectivity index (χ0) is 18.1. The van der Waals surface area contributed by atoms with Gasteiger partial charge in [-0.15, -0.1) is 5.10 Å². The summed E-state index contributed by atoms with van der Waals surface area (Å²) in [7, 11) is 0. The molecule has 138 valence electrons. The number of aromatic nitrogens is 3. The summed E-state index contributed by atoms with van der Waals surface area (Å²) in [5.74, 6) is 0.136. The number of para-hydroxylation sites is 1. The fourth-order valence-electron chi connectivity index (χ4n) is 3.34. The zero-order valence-corrected chi connectivity index (χ0v) is 15.0. The van der Waals surface area contributed by atoms with Crippen LogP contribution in [0, 0.1) is 0 Å². The van der Waals surface area contributed by atoms with E-state index < -0.39 is 0 Å². The molecule has 4 rings (SSSR count). The van der Waals surface area contributed by atoms with Crippen LogP contribution in [0.4, 0.5) is 0 Å². The average Bonchev–Trinajstić information content (AvgIpc) is 3.40. The Kier molecular flexibility index (Phi) is 4.58. The number of benzene rings is 1. The first-order valence-electron chi connectivity index (χ1n) is 9.22. The molecule has 1 saturated carbocycles. The summed E-state index contributed by atoms with van der Waals surface area (Å²) < 4.78 is 1.65. The Hall–Kier alpha value is -2.48. The molecule has 1 aliphatic carbocycles. The summed E-state index contributed by atoms with van der Waals surface area (Å²) in [5.41, 5.74) is 1.66. The smallest absolute Gasteiger partial charge is 0.244 e. The van der Waals surface area contributed by atoms with Gasteiger partial charge in [0.15, 0.2) is 0 Å². The van der Waals surface area contributed by atoms with Crippen molar-refractivity contribution in [1.29, 1.82) is 0 Å². The Morgan fingerprint density at radius 1 is 1.19 bits per heavy atom. The number of hydrogen-bond acceptors (Lipinski definition) is 5. The molecule has 0 bridgehead atoms. The molecule has 2 aliphatic rings. The van der Waals surface area contributed by atoms with E-state index in [1.165, 1.54) is 0 Å². The second-order valence-corrected chi connectivity index (χ2v) is 7.11. The Morgan fingerprint density at radius 2 is 1.92 bits per heavy atom. The van der Waals surface area contributed by atoms with Crippen LogP contribution in [0.15, 0.2) is 24.3 Å². The van der Waals surface area contributed by atoms with Gasteiger partial charge in [0.05, 0.1) is 11.6 Å². The van der Waals surface area contributed by atoms with Crippen molar-refractivity contribution in [1.82, 2.24) is 30.1 Å². The number of rotatable bonds is 5. The minimum Gasteiger partial charge on any atom is -0.352 e. The molecule has 1 unspecified atom stereocenters. The zero-order valence-electron chi connectivity index (χ0n) is 15.0. The van der Waals surface area contributed by atoms with Crippen molar-refractivity contribution in [3.63, 3.8) is 0 Å². The number of nitrogens with zero attached hydrogens (tertiary/aromatic N) is 5. The van der Waals surface area contributed by atoms with E-state index in [0.29, 0.717) is 32.2 Å². The molecule has 2 amide bonds. The summed E-state index contributed by atoms with van der Waals surface area (Å²) >= 11 is 0. The molecule has 1 N–H and O–H groups in total. The molecule has 0 spiro atoms. The van der Waals surface area contributed by atoms with Crippen LogP contribution in [0.25, 0.3) is 11.0 Å². The number of hydrogen-bond donors (Lipinski definition) is 1. The molecule has 26 heavy (non-hydrogen) atoms. The van der Waals surface area contributed by atoms with Gasteiger partial charge in [-0.05, 0) is 31.9 Å². The molecule has 1 aromatic heterocycles. The third kappa shape index (κ3) is 3.55. The van der Waals surface area contributed by atoms with E-state index in [1.807, 2.05) is 36.1 Å². The van der Waals surface area contributed by atoms with E-state index in [2.05, 4.69) is 20.5 Å². The predicted molar refractivity (Wildman–Crippen MR) is 96.3 cm³/mol. The van der Waals surface area contributed by atoms with Gasteiger partial charge in [0.2, 0.25) is 11.8 Å². The molecule has 1 atom stereocenters. The van der Waals surface area contributed by atoms with Crippen LogP contribution in [0.3, 0.4) is 0 Å². The van der Waals surface area contributed by atoms with E-state index >= 15 is 0 Å². The average molecular weight is 356 g/mol. The minimum atomic E-state index is -0.146. The van der Waals surface area contributed by atoms with Gasteiger partial charge in [-0.25, -0.2) is 4.68 Å². The number of amides is 2. The summed E-state index contributed by atoms with van der Waals surface area (Å²) in [6.07, 6.45) is 2.19. The maximum atomic E-state index is 12.6. The second-order valence-electron chi connectivity index (χ2n) is 7.11. The first kappa shape index (κ1) is 17.0. The van der Waals surface area contributed by atoms with Crippen LogP contribution in [0.2, 0.25) is 0 Å². The summed E-state index contributed by atoms with van der Waals surface area (Å²) in [4.78, 5) is 28.8. The van der Waals surface area contributed by atoms with Gasteiger partial charge >= 0.3 is 0 Å². The highest BCUT2D eigenvalue weighted by molar-refractivity contribution is 5.82. The normalized spacial score (nSPS) is 19.5. The highest BCUT2D eigenvalue weighted by Crippen LogP contribution is 2.19. The lowest BCUT2D eigenvalue weighted by molar-refractivity contribution is -0.135. The Labute approximate surface area is 152 Å². The first-order chi connectivity index (χ1) is 12.6. The molecule has 1 saturated heterocycles. The van der Waals surface area contributed by atoms with Crippen molar-refractivity contribution >= 4 is 22.8 Å². The molecule has 1 aromatic carbocycles. The third-order valence-electron chi connectivity index (χ3n) is 5.22. The molecular weight excluding hydrogens is 332 g/mol. The summed E-state index contributed by atoms with van der Waals surface area (Å²) in [6, 6.07) is 7.86. The summed E-state index contributed by atoms with van der Waals surface area (Å²) in [6.45, 7) is 4.82. The summed E-state index contributed by atoms with van der Waals surface area (Å²) in [5, 5.41) is 11.2. The van der Waals surface area contributed by atoms with Gasteiger partial charge in [-0.1, -0.05) is 17.3 Å². The maximum absolute atomic E-state index is 12.6. The fraction of sp³-hybridized carbons (Fsp3) is 0.556. The van der Waals surface area contributed by atoms with Gasteiger partial charge < -0.3 is 10.2 Å². The van der Waals surface area contributed by atoms with Crippen LogP contribution in [-0.4, -0.2) is 74.9 Å². The van der Waals surface area contributed by atoms with Crippen molar-refractivity contribution in [2.24, 2.45) is 0 Å². The lowest BCUT2D eigenvalue weighted by Gasteiger charge is -2.37. The first-order valence-corrected chi connectivity index (χ1v) is 9.22. The molecule has 2 fully saturated rings. The second kappa shape index (κ2) is 7.03. The monoisotopic (exact) mass is 356 g/mol. The largest absolute Gasteiger partial charge is 0.352 e. The molecule has 2 aromatic rings.